The molecule has 0 bridgehead atoms. The lowest BCUT2D eigenvalue weighted by atomic mass is 9.98. The maximum Gasteiger partial charge on any atom is 0.590 e. The fourth-order valence-corrected chi connectivity index (χ4v) is 4.85. The fraction of sp³-hybridized carbons (Fsp3) is 0.385. The molecule has 2 aromatic rings. The third-order valence-corrected chi connectivity index (χ3v) is 6.29. The van der Waals surface area contributed by atoms with Gasteiger partial charge >= 0.3 is 31.7 Å². The van der Waals surface area contributed by atoms with Crippen LogP contribution in [0.25, 0.3) is 0 Å². The molecule has 0 saturated carbocycles. The molecule has 0 amide bonds. The van der Waals surface area contributed by atoms with Crippen LogP contribution in [0, 0.1) is 0 Å². The number of esters is 4. The summed E-state index contributed by atoms with van der Waals surface area (Å²) in [7, 11) is -4.83. The summed E-state index contributed by atoms with van der Waals surface area (Å²) >= 11 is 0. The summed E-state index contributed by atoms with van der Waals surface area (Å²) in [5.41, 5.74) is 0. The molecule has 2 aromatic carbocycles. The third kappa shape index (κ3) is 9.08. The van der Waals surface area contributed by atoms with E-state index in [4.69, 9.17) is 42.7 Å². The van der Waals surface area contributed by atoms with Gasteiger partial charge in [0.1, 0.15) is 24.2 Å². The molecule has 0 N–H and O–H groups in total. The normalized spacial score (nSPS) is 23.6. The SMILES string of the molecule is [2H]CC(=O)OC[C@H]1OC(OP(=O)(Oc2ccccc2)Oc2ccccc2)[C@@H](OC(=O)C[2H])[C@@H](OC(=O)C[2H])[C@@H]1OC(=O)C[2H]. The van der Waals surface area contributed by atoms with Crippen molar-refractivity contribution in [3.8, 4) is 11.5 Å². The number of ether oxygens (including phenoxy) is 5. The van der Waals surface area contributed by atoms with Crippen LogP contribution in [0.15, 0.2) is 60.7 Å². The Labute approximate surface area is 235 Å². The standard InChI is InChI=1S/C26H29O13P/c1-16(27)32-15-22-23(33-17(2)28)24(34-18(3)29)25(35-19(4)30)26(36-22)39-40(31,37-20-11-7-5-8-12-20)38-21-13-9-6-10-14-21/h5-14,22-26H,15H2,1-4H3/t22-,23-,24+,25+,26?/m1/s1/i1D,2D,3D,4D. The first-order valence-electron chi connectivity index (χ1n) is 14.3. The van der Waals surface area contributed by atoms with Crippen LogP contribution in [-0.2, 0) is 52.0 Å². The van der Waals surface area contributed by atoms with Crippen molar-refractivity contribution < 1.29 is 66.5 Å². The van der Waals surface area contributed by atoms with Crippen LogP contribution in [0.3, 0.4) is 0 Å². The largest absolute Gasteiger partial charge is 0.590 e. The summed E-state index contributed by atoms with van der Waals surface area (Å²) in [4.78, 5) is 48.6. The molecule has 0 aliphatic carbocycles. The van der Waals surface area contributed by atoms with E-state index in [0.29, 0.717) is 0 Å². The Morgan fingerprint density at radius 2 is 1.20 bits per heavy atom. The van der Waals surface area contributed by atoms with Crippen LogP contribution >= 0.6 is 7.82 Å². The van der Waals surface area contributed by atoms with E-state index in [0.717, 1.165) is 0 Å². The number of phosphoric acid groups is 1. The summed E-state index contributed by atoms with van der Waals surface area (Å²) in [6.07, 6.45) is -9.16. The highest BCUT2D eigenvalue weighted by atomic mass is 31.2. The van der Waals surface area contributed by atoms with Gasteiger partial charge in [-0.2, -0.15) is 0 Å². The van der Waals surface area contributed by atoms with Gasteiger partial charge in [0.2, 0.25) is 6.29 Å². The molecule has 1 saturated heterocycles. The van der Waals surface area contributed by atoms with Gasteiger partial charge in [0.05, 0.1) is 0 Å². The molecular formula is C26H29O13P. The zero-order valence-electron chi connectivity index (χ0n) is 25.0. The van der Waals surface area contributed by atoms with Crippen molar-refractivity contribution in [1.82, 2.24) is 0 Å². The third-order valence-electron chi connectivity index (χ3n) is 4.96. The molecule has 0 radical (unpaired) electrons. The van der Waals surface area contributed by atoms with Gasteiger partial charge in [-0.1, -0.05) is 36.4 Å². The predicted octanol–water partition coefficient (Wildman–Crippen LogP) is 3.35. The zero-order chi connectivity index (χ0) is 32.1. The predicted molar refractivity (Wildman–Crippen MR) is 135 cm³/mol. The van der Waals surface area contributed by atoms with Crippen molar-refractivity contribution in [2.75, 3.05) is 6.61 Å². The highest BCUT2D eigenvalue weighted by Crippen LogP contribution is 2.52. The minimum Gasteiger partial charge on any atom is -0.463 e. The lowest BCUT2D eigenvalue weighted by Gasteiger charge is -2.44. The average molecular weight is 585 g/mol. The smallest absolute Gasteiger partial charge is 0.463 e. The van der Waals surface area contributed by atoms with E-state index in [9.17, 15) is 23.7 Å². The molecular weight excluding hydrogens is 551 g/mol. The lowest BCUT2D eigenvalue weighted by molar-refractivity contribution is -0.290. The van der Waals surface area contributed by atoms with E-state index in [1.165, 1.54) is 24.3 Å². The maximum absolute atomic E-state index is 14.1. The van der Waals surface area contributed by atoms with Gasteiger partial charge in [0, 0.05) is 33.1 Å². The van der Waals surface area contributed by atoms with Gasteiger partial charge in [0.25, 0.3) is 0 Å². The van der Waals surface area contributed by atoms with Crippen molar-refractivity contribution in [2.45, 2.75) is 58.3 Å². The summed E-state index contributed by atoms with van der Waals surface area (Å²) in [5.74, 6) is -4.54. The Kier molecular flexibility index (Phi) is 8.73. The van der Waals surface area contributed by atoms with Crippen LogP contribution in [0.2, 0.25) is 0 Å². The molecule has 0 aromatic heterocycles. The van der Waals surface area contributed by atoms with Crippen molar-refractivity contribution >= 4 is 31.7 Å². The quantitative estimate of drug-likeness (QED) is 0.215. The average Bonchev–Trinajstić information content (AvgIpc) is 3.02. The Morgan fingerprint density at radius 1 is 0.725 bits per heavy atom. The van der Waals surface area contributed by atoms with Gasteiger partial charge in [-0.05, 0) is 24.3 Å². The van der Waals surface area contributed by atoms with Crippen LogP contribution in [0.5, 0.6) is 11.5 Å². The number of hydrogen-bond donors (Lipinski definition) is 0. The van der Waals surface area contributed by atoms with E-state index >= 15 is 0 Å². The Bertz CT molecular complexity index is 1260. The van der Waals surface area contributed by atoms with E-state index in [1.807, 2.05) is 0 Å². The first kappa shape index (κ1) is 25.1. The molecule has 0 spiro atoms. The molecule has 40 heavy (non-hydrogen) atoms. The van der Waals surface area contributed by atoms with Crippen molar-refractivity contribution in [1.29, 1.82) is 0 Å². The number of carbonyl (C=O) groups excluding carboxylic acids is 4. The van der Waals surface area contributed by atoms with Crippen LogP contribution in [-0.4, -0.2) is 61.2 Å². The van der Waals surface area contributed by atoms with Crippen LogP contribution in [0.1, 0.15) is 33.1 Å². The number of carbonyl (C=O) groups is 4. The fourth-order valence-electron chi connectivity index (χ4n) is 3.54. The van der Waals surface area contributed by atoms with E-state index in [1.54, 1.807) is 36.4 Å². The second-order valence-corrected chi connectivity index (χ2v) is 9.42. The van der Waals surface area contributed by atoms with Gasteiger partial charge in [0.15, 0.2) is 18.3 Å². The maximum atomic E-state index is 14.1. The molecule has 5 atom stereocenters. The molecule has 216 valence electrons. The topological polar surface area (TPSA) is 159 Å². The minimum absolute atomic E-state index is 0.0163. The molecule has 1 unspecified atom stereocenters. The van der Waals surface area contributed by atoms with E-state index < -0.39 is 96.6 Å². The van der Waals surface area contributed by atoms with Gasteiger partial charge in [-0.3, -0.25) is 19.2 Å². The summed E-state index contributed by atoms with van der Waals surface area (Å²) in [6.45, 7) is -4.33. The van der Waals surface area contributed by atoms with Crippen LogP contribution in [0.4, 0.5) is 0 Å². The molecule has 3 rings (SSSR count). The lowest BCUT2D eigenvalue weighted by Crippen LogP contribution is -2.62. The molecule has 1 heterocycles. The molecule has 1 fully saturated rings. The number of hydrogen-bond acceptors (Lipinski definition) is 13. The van der Waals surface area contributed by atoms with Crippen LogP contribution < -0.4 is 9.05 Å². The van der Waals surface area contributed by atoms with Gasteiger partial charge in [-0.25, -0.2) is 9.09 Å². The van der Waals surface area contributed by atoms with E-state index in [2.05, 4.69) is 0 Å². The van der Waals surface area contributed by atoms with Gasteiger partial charge in [-0.15, -0.1) is 0 Å². The molecule has 1 aliphatic rings. The Hall–Kier alpha value is -3.93. The van der Waals surface area contributed by atoms with Gasteiger partial charge < -0.3 is 32.7 Å². The monoisotopic (exact) mass is 584 g/mol. The first-order chi connectivity index (χ1) is 21.1. The zero-order valence-corrected chi connectivity index (χ0v) is 21.8. The summed E-state index contributed by atoms with van der Waals surface area (Å²) in [5, 5.41) is 0. The first-order valence-corrected chi connectivity index (χ1v) is 12.9. The van der Waals surface area contributed by atoms with Crippen molar-refractivity contribution in [3.63, 3.8) is 0 Å². The second kappa shape index (κ2) is 13.9. The molecule has 1 aliphatic heterocycles. The summed E-state index contributed by atoms with van der Waals surface area (Å²) in [6, 6.07) is 15.3. The molecule has 13 nitrogen and oxygen atoms in total. The highest BCUT2D eigenvalue weighted by molar-refractivity contribution is 7.49. The number of para-hydroxylation sites is 2. The second-order valence-electron chi connectivity index (χ2n) is 7.95. The number of phosphoric ester groups is 1. The van der Waals surface area contributed by atoms with Crippen molar-refractivity contribution in [3.05, 3.63) is 60.7 Å². The molecule has 14 heteroatoms. The van der Waals surface area contributed by atoms with Crippen molar-refractivity contribution in [2.24, 2.45) is 0 Å². The highest BCUT2D eigenvalue weighted by Gasteiger charge is 2.55. The van der Waals surface area contributed by atoms with E-state index in [-0.39, 0.29) is 11.5 Å². The Balaban J connectivity index is 2.09. The summed E-state index contributed by atoms with van der Waals surface area (Å²) < 4.78 is 86.9. The Morgan fingerprint density at radius 3 is 1.70 bits per heavy atom. The minimum atomic E-state index is -4.83. The number of benzene rings is 2. The number of rotatable bonds is 11.